The zero-order valence-corrected chi connectivity index (χ0v) is 19.2. The first-order valence-corrected chi connectivity index (χ1v) is 10.7. The zero-order chi connectivity index (χ0) is 20.4. The predicted molar refractivity (Wildman–Crippen MR) is 117 cm³/mol. The van der Waals surface area contributed by atoms with E-state index in [0.717, 1.165) is 19.4 Å². The number of hydrogen-bond acceptors (Lipinski definition) is 3. The standard InChI is InChI=1S/C18H25F3N4O2S.HI/c1-22-16(23-13-17(9-10-17)14-5-3-2-4-6-14)24-15-7-11-25(12-8-15)28(26,27)18(19,20)21;/h2-6,15H,7-13H2,1H3,(H2,22,23,24);1H. The molecule has 1 saturated heterocycles. The van der Waals surface area contributed by atoms with Crippen molar-refractivity contribution < 1.29 is 21.6 Å². The van der Waals surface area contributed by atoms with Crippen LogP contribution in [0.25, 0.3) is 0 Å². The second kappa shape index (κ2) is 9.38. The quantitative estimate of drug-likeness (QED) is 0.339. The Kier molecular flexibility index (Phi) is 7.82. The molecule has 1 aliphatic carbocycles. The first kappa shape index (κ1) is 24.2. The molecule has 0 unspecified atom stereocenters. The van der Waals surface area contributed by atoms with E-state index in [1.165, 1.54) is 5.56 Å². The number of sulfonamides is 1. The second-order valence-corrected chi connectivity index (χ2v) is 9.27. The van der Waals surface area contributed by atoms with Gasteiger partial charge >= 0.3 is 15.5 Å². The molecule has 0 bridgehead atoms. The number of guanidine groups is 1. The van der Waals surface area contributed by atoms with Crippen molar-refractivity contribution >= 4 is 40.0 Å². The average molecular weight is 546 g/mol. The van der Waals surface area contributed by atoms with Gasteiger partial charge in [-0.05, 0) is 31.2 Å². The van der Waals surface area contributed by atoms with Crippen molar-refractivity contribution in [1.82, 2.24) is 14.9 Å². The smallest absolute Gasteiger partial charge is 0.356 e. The van der Waals surface area contributed by atoms with E-state index >= 15 is 0 Å². The first-order valence-electron chi connectivity index (χ1n) is 9.27. The summed E-state index contributed by atoms with van der Waals surface area (Å²) >= 11 is 0. The molecule has 2 fully saturated rings. The molecular weight excluding hydrogens is 520 g/mol. The molecular formula is C18H26F3IN4O2S. The number of aliphatic imine (C=N–C) groups is 1. The molecule has 1 aliphatic heterocycles. The van der Waals surface area contributed by atoms with Gasteiger partial charge in [-0.25, -0.2) is 8.42 Å². The van der Waals surface area contributed by atoms with Gasteiger partial charge in [0, 0.05) is 38.1 Å². The Morgan fingerprint density at radius 1 is 1.21 bits per heavy atom. The third-order valence-electron chi connectivity index (χ3n) is 5.48. The summed E-state index contributed by atoms with van der Waals surface area (Å²) in [6, 6.07) is 10.1. The minimum absolute atomic E-state index is 0. The van der Waals surface area contributed by atoms with E-state index in [0.29, 0.717) is 23.1 Å². The lowest BCUT2D eigenvalue weighted by Crippen LogP contribution is -2.52. The molecule has 3 rings (SSSR count). The Morgan fingerprint density at radius 2 is 1.79 bits per heavy atom. The lowest BCUT2D eigenvalue weighted by Gasteiger charge is -2.32. The van der Waals surface area contributed by atoms with Crippen LogP contribution in [0.15, 0.2) is 35.3 Å². The molecule has 1 aromatic carbocycles. The lowest BCUT2D eigenvalue weighted by atomic mass is 9.96. The minimum atomic E-state index is -5.25. The maximum Gasteiger partial charge on any atom is 0.511 e. The third-order valence-corrected chi connectivity index (χ3v) is 7.11. The Bertz CT molecular complexity index is 806. The van der Waals surface area contributed by atoms with Gasteiger partial charge in [0.2, 0.25) is 0 Å². The maximum atomic E-state index is 12.7. The summed E-state index contributed by atoms with van der Waals surface area (Å²) in [5.41, 5.74) is -3.87. The van der Waals surface area contributed by atoms with Gasteiger partial charge in [0.15, 0.2) is 5.96 Å². The van der Waals surface area contributed by atoms with Gasteiger partial charge in [-0.3, -0.25) is 4.99 Å². The number of piperidine rings is 1. The molecule has 1 saturated carbocycles. The topological polar surface area (TPSA) is 73.8 Å². The van der Waals surface area contributed by atoms with Crippen molar-refractivity contribution in [3.05, 3.63) is 35.9 Å². The van der Waals surface area contributed by atoms with E-state index in [9.17, 15) is 21.6 Å². The van der Waals surface area contributed by atoms with Crippen LogP contribution in [-0.2, 0) is 15.4 Å². The fourth-order valence-corrected chi connectivity index (χ4v) is 4.52. The highest BCUT2D eigenvalue weighted by molar-refractivity contribution is 14.0. The summed E-state index contributed by atoms with van der Waals surface area (Å²) in [5.74, 6) is 0.583. The highest BCUT2D eigenvalue weighted by Crippen LogP contribution is 2.47. The van der Waals surface area contributed by atoms with Gasteiger partial charge in [-0.1, -0.05) is 30.3 Å². The van der Waals surface area contributed by atoms with Crippen molar-refractivity contribution in [2.24, 2.45) is 4.99 Å². The molecule has 0 radical (unpaired) electrons. The van der Waals surface area contributed by atoms with Crippen LogP contribution in [0.2, 0.25) is 0 Å². The van der Waals surface area contributed by atoms with Crippen molar-refractivity contribution in [3.8, 4) is 0 Å². The van der Waals surface area contributed by atoms with Gasteiger partial charge in [0.05, 0.1) is 0 Å². The van der Waals surface area contributed by atoms with Crippen LogP contribution < -0.4 is 10.6 Å². The molecule has 6 nitrogen and oxygen atoms in total. The summed E-state index contributed by atoms with van der Waals surface area (Å²) in [4.78, 5) is 4.20. The molecule has 0 spiro atoms. The molecule has 29 heavy (non-hydrogen) atoms. The normalized spacial score (nSPS) is 20.6. The number of benzene rings is 1. The van der Waals surface area contributed by atoms with Crippen LogP contribution in [0, 0.1) is 0 Å². The summed E-state index contributed by atoms with van der Waals surface area (Å²) < 4.78 is 61.5. The summed E-state index contributed by atoms with van der Waals surface area (Å²) in [6.07, 6.45) is 2.77. The predicted octanol–water partition coefficient (Wildman–Crippen LogP) is 2.82. The van der Waals surface area contributed by atoms with E-state index in [1.54, 1.807) is 7.05 Å². The van der Waals surface area contributed by atoms with Gasteiger partial charge < -0.3 is 10.6 Å². The molecule has 1 heterocycles. The van der Waals surface area contributed by atoms with Crippen LogP contribution >= 0.6 is 24.0 Å². The van der Waals surface area contributed by atoms with Crippen molar-refractivity contribution in [2.75, 3.05) is 26.7 Å². The van der Waals surface area contributed by atoms with Crippen LogP contribution in [-0.4, -0.2) is 56.9 Å². The van der Waals surface area contributed by atoms with Crippen LogP contribution in [0.5, 0.6) is 0 Å². The third kappa shape index (κ3) is 5.54. The lowest BCUT2D eigenvalue weighted by molar-refractivity contribution is -0.0494. The number of halogens is 4. The molecule has 2 N–H and O–H groups in total. The average Bonchev–Trinajstić information content (AvgIpc) is 3.46. The van der Waals surface area contributed by atoms with Crippen LogP contribution in [0.4, 0.5) is 13.2 Å². The van der Waals surface area contributed by atoms with Gasteiger partial charge in [0.1, 0.15) is 0 Å². The summed E-state index contributed by atoms with van der Waals surface area (Å²) in [6.45, 7) is 0.396. The number of alkyl halides is 3. The van der Waals surface area contributed by atoms with Crippen molar-refractivity contribution in [1.29, 1.82) is 0 Å². The highest BCUT2D eigenvalue weighted by atomic mass is 127. The Hall–Kier alpha value is -1.08. The SMILES string of the molecule is CN=C(NCC1(c2ccccc2)CC1)NC1CCN(S(=O)(=O)C(F)(F)F)CC1.I. The maximum absolute atomic E-state index is 12.7. The Morgan fingerprint density at radius 3 is 2.28 bits per heavy atom. The number of nitrogens with zero attached hydrogens (tertiary/aromatic N) is 2. The first-order chi connectivity index (χ1) is 13.2. The van der Waals surface area contributed by atoms with E-state index in [-0.39, 0.29) is 48.5 Å². The minimum Gasteiger partial charge on any atom is -0.356 e. The zero-order valence-electron chi connectivity index (χ0n) is 16.1. The van der Waals surface area contributed by atoms with Crippen LogP contribution in [0.1, 0.15) is 31.2 Å². The summed E-state index contributed by atoms with van der Waals surface area (Å²) in [7, 11) is -3.61. The highest BCUT2D eigenvalue weighted by Gasteiger charge is 2.50. The fraction of sp³-hybridized carbons (Fsp3) is 0.611. The van der Waals surface area contributed by atoms with E-state index < -0.39 is 15.5 Å². The molecule has 0 aromatic heterocycles. The van der Waals surface area contributed by atoms with Crippen LogP contribution in [0.3, 0.4) is 0 Å². The number of rotatable bonds is 5. The monoisotopic (exact) mass is 546 g/mol. The van der Waals surface area contributed by atoms with E-state index in [1.807, 2.05) is 18.2 Å². The van der Waals surface area contributed by atoms with Crippen molar-refractivity contribution in [2.45, 2.75) is 42.6 Å². The van der Waals surface area contributed by atoms with E-state index in [4.69, 9.17) is 0 Å². The second-order valence-electron chi connectivity index (χ2n) is 7.34. The molecule has 1 aromatic rings. The van der Waals surface area contributed by atoms with Crippen molar-refractivity contribution in [3.63, 3.8) is 0 Å². The Balaban J connectivity index is 0.00000300. The molecule has 0 amide bonds. The summed E-state index contributed by atoms with van der Waals surface area (Å²) in [5, 5.41) is 6.52. The molecule has 11 heteroatoms. The van der Waals surface area contributed by atoms with Gasteiger partial charge in [-0.2, -0.15) is 17.5 Å². The molecule has 164 valence electrons. The van der Waals surface area contributed by atoms with Gasteiger partial charge in [0.25, 0.3) is 0 Å². The number of nitrogens with one attached hydrogen (secondary N) is 2. The molecule has 0 atom stereocenters. The molecule has 2 aliphatic rings. The van der Waals surface area contributed by atoms with Gasteiger partial charge in [-0.15, -0.1) is 24.0 Å². The number of hydrogen-bond donors (Lipinski definition) is 2. The largest absolute Gasteiger partial charge is 0.511 e. The fourth-order valence-electron chi connectivity index (χ4n) is 3.54. The Labute approximate surface area is 186 Å². The van der Waals surface area contributed by atoms with E-state index in [2.05, 4.69) is 27.8 Å².